The predicted octanol–water partition coefficient (Wildman–Crippen LogP) is 15.1. The van der Waals surface area contributed by atoms with Crippen LogP contribution in [0.4, 0.5) is 0 Å². The molecule has 0 bridgehead atoms. The van der Waals surface area contributed by atoms with Gasteiger partial charge < -0.3 is 17.8 Å². The van der Waals surface area contributed by atoms with Gasteiger partial charge in [0.25, 0.3) is 0 Å². The Hall–Kier alpha value is -7.82. The van der Waals surface area contributed by atoms with Crippen molar-refractivity contribution in [2.75, 3.05) is 0 Å². The molecular weight excluding hydrogens is 709 g/mol. The Labute approximate surface area is 330 Å². The summed E-state index contributed by atoms with van der Waals surface area (Å²) in [5.41, 5.74) is 15.3. The van der Waals surface area contributed by atoms with Crippen molar-refractivity contribution < 1.29 is 8.83 Å². The molecular formula is C54H30N2O2. The SMILES string of the molecule is c1cc(-c2cccc3oc4ccccc4c23)cc(-n2c3cccc4c5ccccc5n5c6ccccc6c6c(-c7cccc8oc9ccccc9c78)cc2c(c43)c65)c1. The van der Waals surface area contributed by atoms with Gasteiger partial charge in [-0.3, -0.25) is 0 Å². The van der Waals surface area contributed by atoms with E-state index in [1.165, 1.54) is 59.9 Å². The third-order valence-electron chi connectivity index (χ3n) is 12.6. The Kier molecular flexibility index (Phi) is 5.73. The molecule has 5 heterocycles. The van der Waals surface area contributed by atoms with Gasteiger partial charge in [0.1, 0.15) is 22.3 Å². The third kappa shape index (κ3) is 3.79. The number of fused-ring (bicyclic) bond motifs is 12. The lowest BCUT2D eigenvalue weighted by Gasteiger charge is -2.14. The van der Waals surface area contributed by atoms with Crippen LogP contribution in [-0.2, 0) is 0 Å². The summed E-state index contributed by atoms with van der Waals surface area (Å²) in [6.45, 7) is 0. The quantitative estimate of drug-likeness (QED) is 0.181. The molecule has 9 aromatic carbocycles. The minimum absolute atomic E-state index is 0.891. The molecule has 0 aliphatic rings. The summed E-state index contributed by atoms with van der Waals surface area (Å²) in [6.07, 6.45) is 0. The second kappa shape index (κ2) is 10.9. The van der Waals surface area contributed by atoms with Crippen molar-refractivity contribution in [2.45, 2.75) is 0 Å². The fourth-order valence-electron chi connectivity index (χ4n) is 10.4. The zero-order valence-electron chi connectivity index (χ0n) is 31.0. The maximum Gasteiger partial charge on any atom is 0.136 e. The van der Waals surface area contributed by atoms with E-state index in [0.717, 1.165) is 71.8 Å². The van der Waals surface area contributed by atoms with Crippen LogP contribution in [0.1, 0.15) is 0 Å². The van der Waals surface area contributed by atoms with Crippen molar-refractivity contribution in [3.63, 3.8) is 0 Å². The summed E-state index contributed by atoms with van der Waals surface area (Å²) in [6, 6.07) is 65.8. The van der Waals surface area contributed by atoms with E-state index in [1.807, 2.05) is 6.07 Å². The smallest absolute Gasteiger partial charge is 0.136 e. The molecule has 0 unspecified atom stereocenters. The van der Waals surface area contributed by atoms with Gasteiger partial charge in [-0.15, -0.1) is 0 Å². The molecule has 5 aromatic heterocycles. The topological polar surface area (TPSA) is 35.6 Å². The average molecular weight is 739 g/mol. The third-order valence-corrected chi connectivity index (χ3v) is 12.6. The van der Waals surface area contributed by atoms with Gasteiger partial charge in [-0.25, -0.2) is 0 Å². The van der Waals surface area contributed by atoms with E-state index < -0.39 is 0 Å². The predicted molar refractivity (Wildman–Crippen MR) is 241 cm³/mol. The van der Waals surface area contributed by atoms with E-state index >= 15 is 0 Å². The molecule has 14 aromatic rings. The molecule has 0 amide bonds. The Morgan fingerprint density at radius 2 is 0.862 bits per heavy atom. The number of rotatable bonds is 3. The van der Waals surface area contributed by atoms with E-state index in [2.05, 4.69) is 185 Å². The monoisotopic (exact) mass is 738 g/mol. The molecule has 0 radical (unpaired) electrons. The fraction of sp³-hybridized carbons (Fsp3) is 0. The van der Waals surface area contributed by atoms with Crippen LogP contribution in [0.15, 0.2) is 191 Å². The maximum atomic E-state index is 6.51. The molecule has 268 valence electrons. The summed E-state index contributed by atoms with van der Waals surface area (Å²) in [5.74, 6) is 0. The summed E-state index contributed by atoms with van der Waals surface area (Å²) in [7, 11) is 0. The van der Waals surface area contributed by atoms with Gasteiger partial charge in [0, 0.05) is 54.2 Å². The summed E-state index contributed by atoms with van der Waals surface area (Å²) >= 11 is 0. The Balaban J connectivity index is 1.19. The normalized spacial score (nSPS) is 12.5. The van der Waals surface area contributed by atoms with Gasteiger partial charge >= 0.3 is 0 Å². The van der Waals surface area contributed by atoms with Crippen molar-refractivity contribution in [2.24, 2.45) is 0 Å². The minimum Gasteiger partial charge on any atom is -0.456 e. The number of hydrogen-bond donors (Lipinski definition) is 0. The van der Waals surface area contributed by atoms with Crippen molar-refractivity contribution in [1.29, 1.82) is 0 Å². The van der Waals surface area contributed by atoms with Crippen molar-refractivity contribution in [3.8, 4) is 27.9 Å². The molecule has 0 spiro atoms. The molecule has 4 nitrogen and oxygen atoms in total. The van der Waals surface area contributed by atoms with Gasteiger partial charge in [-0.1, -0.05) is 121 Å². The molecule has 0 N–H and O–H groups in total. The van der Waals surface area contributed by atoms with Gasteiger partial charge in [-0.2, -0.15) is 0 Å². The molecule has 14 rings (SSSR count). The molecule has 0 fully saturated rings. The van der Waals surface area contributed by atoms with E-state index in [-0.39, 0.29) is 0 Å². The summed E-state index contributed by atoms with van der Waals surface area (Å²) < 4.78 is 17.9. The first-order valence-corrected chi connectivity index (χ1v) is 19.8. The zero-order chi connectivity index (χ0) is 37.6. The summed E-state index contributed by atoms with van der Waals surface area (Å²) in [5, 5.41) is 12.0. The van der Waals surface area contributed by atoms with Crippen LogP contribution in [0.3, 0.4) is 0 Å². The first-order chi connectivity index (χ1) is 28.8. The number of nitrogens with zero attached hydrogens (tertiary/aromatic N) is 2. The lowest BCUT2D eigenvalue weighted by atomic mass is 9.93. The lowest BCUT2D eigenvalue weighted by Crippen LogP contribution is -1.96. The van der Waals surface area contributed by atoms with Crippen LogP contribution in [-0.4, -0.2) is 8.97 Å². The Morgan fingerprint density at radius 1 is 0.310 bits per heavy atom. The Bertz CT molecular complexity index is 4040. The van der Waals surface area contributed by atoms with Crippen LogP contribution in [0, 0.1) is 0 Å². The van der Waals surface area contributed by atoms with Crippen molar-refractivity contribution in [1.82, 2.24) is 8.97 Å². The van der Waals surface area contributed by atoms with E-state index in [1.54, 1.807) is 0 Å². The molecule has 0 aliphatic heterocycles. The first kappa shape index (κ1) is 30.4. The molecule has 0 saturated carbocycles. The molecule has 0 aliphatic carbocycles. The van der Waals surface area contributed by atoms with E-state index in [9.17, 15) is 0 Å². The van der Waals surface area contributed by atoms with E-state index in [4.69, 9.17) is 8.83 Å². The van der Waals surface area contributed by atoms with Crippen molar-refractivity contribution in [3.05, 3.63) is 182 Å². The van der Waals surface area contributed by atoms with Crippen LogP contribution in [0.5, 0.6) is 0 Å². The van der Waals surface area contributed by atoms with Gasteiger partial charge in [0.2, 0.25) is 0 Å². The standard InChI is InChI=1S/C54H30N2O2/c1-5-22-41-34(15-1)35-20-10-24-43-52(35)53-44(55(43)32-14-9-13-31(29-32)33-19-11-27-47-49(33)38-17-3-7-25-45(38)57-47)30-40(51-37-16-2-6-23-42(37)56(41)54(51)53)36-21-12-28-48-50(36)39-18-4-8-26-46(39)58-48/h1-30H. The minimum atomic E-state index is 0.891. The molecule has 58 heavy (non-hydrogen) atoms. The number of hydrogen-bond acceptors (Lipinski definition) is 2. The number of benzene rings is 9. The van der Waals surface area contributed by atoms with Crippen LogP contribution < -0.4 is 0 Å². The van der Waals surface area contributed by atoms with Gasteiger partial charge in [0.05, 0.1) is 27.6 Å². The van der Waals surface area contributed by atoms with Crippen molar-refractivity contribution >= 4 is 104 Å². The highest BCUT2D eigenvalue weighted by Crippen LogP contribution is 2.50. The summed E-state index contributed by atoms with van der Waals surface area (Å²) in [4.78, 5) is 0. The molecule has 0 saturated heterocycles. The number of furan rings is 2. The van der Waals surface area contributed by atoms with Crippen LogP contribution >= 0.6 is 0 Å². The molecule has 0 atom stereocenters. The molecule has 4 heteroatoms. The average Bonchev–Trinajstić information content (AvgIpc) is 4.02. The first-order valence-electron chi connectivity index (χ1n) is 19.8. The van der Waals surface area contributed by atoms with Gasteiger partial charge in [0.15, 0.2) is 0 Å². The lowest BCUT2D eigenvalue weighted by molar-refractivity contribution is 0.668. The van der Waals surface area contributed by atoms with Crippen LogP contribution in [0.2, 0.25) is 0 Å². The number of aromatic nitrogens is 2. The maximum absolute atomic E-state index is 6.51. The highest BCUT2D eigenvalue weighted by molar-refractivity contribution is 6.36. The largest absolute Gasteiger partial charge is 0.456 e. The highest BCUT2D eigenvalue weighted by atomic mass is 16.3. The highest BCUT2D eigenvalue weighted by Gasteiger charge is 2.27. The van der Waals surface area contributed by atoms with Gasteiger partial charge in [-0.05, 0) is 88.3 Å². The second-order valence-electron chi connectivity index (χ2n) is 15.6. The Morgan fingerprint density at radius 3 is 1.62 bits per heavy atom. The van der Waals surface area contributed by atoms with E-state index in [0.29, 0.717) is 0 Å². The van der Waals surface area contributed by atoms with Crippen LogP contribution in [0.25, 0.3) is 132 Å². The second-order valence-corrected chi connectivity index (χ2v) is 15.6. The fourth-order valence-corrected chi connectivity index (χ4v) is 10.4. The zero-order valence-corrected chi connectivity index (χ0v) is 31.0. The number of para-hydroxylation sites is 4.